The Labute approximate surface area is 105 Å². The van der Waals surface area contributed by atoms with Gasteiger partial charge in [0, 0.05) is 17.9 Å². The van der Waals surface area contributed by atoms with Crippen molar-refractivity contribution in [3.8, 4) is 0 Å². The lowest BCUT2D eigenvalue weighted by Crippen LogP contribution is -2.35. The van der Waals surface area contributed by atoms with E-state index in [1.54, 1.807) is 0 Å². The maximum Gasteiger partial charge on any atom is 0.0404 e. The molecule has 0 fully saturated rings. The summed E-state index contributed by atoms with van der Waals surface area (Å²) in [6.45, 7) is 4.53. The van der Waals surface area contributed by atoms with Crippen LogP contribution >= 0.6 is 0 Å². The minimum absolute atomic E-state index is 0.413. The smallest absolute Gasteiger partial charge is 0.0404 e. The molecule has 0 aliphatic carbocycles. The first-order valence-electron chi connectivity index (χ1n) is 6.58. The highest BCUT2D eigenvalue weighted by Crippen LogP contribution is 2.11. The van der Waals surface area contributed by atoms with Crippen molar-refractivity contribution in [1.29, 1.82) is 0 Å². The molecule has 0 radical (unpaired) electrons. The van der Waals surface area contributed by atoms with Crippen molar-refractivity contribution in [3.05, 3.63) is 30.1 Å². The van der Waals surface area contributed by atoms with Gasteiger partial charge < -0.3 is 0 Å². The topological polar surface area (TPSA) is 50.9 Å². The van der Waals surface area contributed by atoms with Crippen LogP contribution in [0.1, 0.15) is 45.2 Å². The highest BCUT2D eigenvalue weighted by molar-refractivity contribution is 5.03. The molecule has 3 nitrogen and oxygen atoms in total. The van der Waals surface area contributed by atoms with E-state index in [9.17, 15) is 0 Å². The summed E-state index contributed by atoms with van der Waals surface area (Å²) in [5, 5.41) is 0. The number of hydrogen-bond acceptors (Lipinski definition) is 3. The van der Waals surface area contributed by atoms with Crippen molar-refractivity contribution in [2.75, 3.05) is 0 Å². The third-order valence-corrected chi connectivity index (χ3v) is 3.04. The van der Waals surface area contributed by atoms with Gasteiger partial charge in [-0.1, -0.05) is 32.8 Å². The van der Waals surface area contributed by atoms with Gasteiger partial charge in [-0.2, -0.15) is 0 Å². The molecule has 1 aromatic heterocycles. The van der Waals surface area contributed by atoms with Gasteiger partial charge in [0.05, 0.1) is 0 Å². The molecule has 1 heterocycles. The van der Waals surface area contributed by atoms with Crippen LogP contribution in [0.3, 0.4) is 0 Å². The number of nitrogens with one attached hydrogen (secondary N) is 1. The second-order valence-electron chi connectivity index (χ2n) is 5.05. The molecule has 0 amide bonds. The Morgan fingerprint density at radius 2 is 2.06 bits per heavy atom. The number of hydrogen-bond donors (Lipinski definition) is 2. The van der Waals surface area contributed by atoms with Crippen LogP contribution < -0.4 is 11.3 Å². The van der Waals surface area contributed by atoms with Crippen LogP contribution in [0.2, 0.25) is 0 Å². The zero-order chi connectivity index (χ0) is 12.5. The number of nitrogens with zero attached hydrogens (tertiary/aromatic N) is 1. The van der Waals surface area contributed by atoms with Gasteiger partial charge in [0.1, 0.15) is 0 Å². The van der Waals surface area contributed by atoms with Crippen molar-refractivity contribution >= 4 is 0 Å². The lowest BCUT2D eigenvalue weighted by molar-refractivity contribution is 0.423. The summed E-state index contributed by atoms with van der Waals surface area (Å²) in [6.07, 6.45) is 7.58. The zero-order valence-electron chi connectivity index (χ0n) is 11.0. The minimum atomic E-state index is 0.413. The molecular formula is C14H25N3. The van der Waals surface area contributed by atoms with Crippen LogP contribution in [-0.2, 0) is 6.42 Å². The molecule has 0 aliphatic heterocycles. The van der Waals surface area contributed by atoms with E-state index in [0.29, 0.717) is 6.04 Å². The van der Waals surface area contributed by atoms with E-state index in [4.69, 9.17) is 5.84 Å². The van der Waals surface area contributed by atoms with E-state index in [0.717, 1.165) is 30.9 Å². The number of aromatic nitrogens is 1. The Bertz CT molecular complexity index is 285. The van der Waals surface area contributed by atoms with Crippen LogP contribution in [0.25, 0.3) is 0 Å². The highest BCUT2D eigenvalue weighted by Gasteiger charge is 2.07. The summed E-state index contributed by atoms with van der Waals surface area (Å²) in [5.41, 5.74) is 4.07. The summed E-state index contributed by atoms with van der Waals surface area (Å²) < 4.78 is 0. The summed E-state index contributed by atoms with van der Waals surface area (Å²) in [7, 11) is 0. The third kappa shape index (κ3) is 6.39. The van der Waals surface area contributed by atoms with Gasteiger partial charge in [0.2, 0.25) is 0 Å². The molecule has 0 aromatic carbocycles. The van der Waals surface area contributed by atoms with Gasteiger partial charge in [-0.25, -0.2) is 0 Å². The summed E-state index contributed by atoms with van der Waals surface area (Å²) in [5.74, 6) is 6.37. The maximum atomic E-state index is 5.58. The predicted octanol–water partition coefficient (Wildman–Crippen LogP) is 2.67. The fraction of sp³-hybridized carbons (Fsp3) is 0.643. The Balaban J connectivity index is 2.23. The Morgan fingerprint density at radius 3 is 2.65 bits per heavy atom. The molecule has 0 bridgehead atoms. The van der Waals surface area contributed by atoms with Crippen LogP contribution in [0.15, 0.2) is 24.4 Å². The first-order chi connectivity index (χ1) is 8.22. The molecule has 1 atom stereocenters. The molecule has 96 valence electrons. The Kier molecular flexibility index (Phi) is 6.82. The molecule has 3 heteroatoms. The van der Waals surface area contributed by atoms with E-state index in [1.165, 1.54) is 12.8 Å². The minimum Gasteiger partial charge on any atom is -0.271 e. The lowest BCUT2D eigenvalue weighted by atomic mass is 10.00. The second kappa shape index (κ2) is 8.20. The molecule has 17 heavy (non-hydrogen) atoms. The largest absolute Gasteiger partial charge is 0.271 e. The number of pyridine rings is 1. The number of aryl methyl sites for hydroxylation is 1. The molecule has 0 aliphatic rings. The van der Waals surface area contributed by atoms with Gasteiger partial charge in [0.25, 0.3) is 0 Å². The molecular weight excluding hydrogens is 210 g/mol. The molecule has 3 N–H and O–H groups in total. The van der Waals surface area contributed by atoms with Crippen molar-refractivity contribution in [1.82, 2.24) is 10.4 Å². The van der Waals surface area contributed by atoms with Crippen LogP contribution in [0.5, 0.6) is 0 Å². The van der Waals surface area contributed by atoms with Gasteiger partial charge in [-0.15, -0.1) is 0 Å². The van der Waals surface area contributed by atoms with Gasteiger partial charge in [-0.05, 0) is 37.3 Å². The number of hydrazine groups is 1. The van der Waals surface area contributed by atoms with Gasteiger partial charge in [0.15, 0.2) is 0 Å². The van der Waals surface area contributed by atoms with E-state index >= 15 is 0 Å². The third-order valence-electron chi connectivity index (χ3n) is 3.04. The number of nitrogens with two attached hydrogens (primary N) is 1. The van der Waals surface area contributed by atoms with Gasteiger partial charge >= 0.3 is 0 Å². The Morgan fingerprint density at radius 1 is 1.24 bits per heavy atom. The SMILES string of the molecule is CC(C)CCCC(CCc1ccccn1)NN. The monoisotopic (exact) mass is 235 g/mol. The van der Waals surface area contributed by atoms with E-state index in [-0.39, 0.29) is 0 Å². The summed E-state index contributed by atoms with van der Waals surface area (Å²) in [6, 6.07) is 6.47. The van der Waals surface area contributed by atoms with E-state index < -0.39 is 0 Å². The van der Waals surface area contributed by atoms with Crippen LogP contribution in [0, 0.1) is 5.92 Å². The molecule has 1 aromatic rings. The first-order valence-corrected chi connectivity index (χ1v) is 6.58. The van der Waals surface area contributed by atoms with Crippen molar-refractivity contribution in [2.24, 2.45) is 11.8 Å². The van der Waals surface area contributed by atoms with Crippen molar-refractivity contribution in [3.63, 3.8) is 0 Å². The molecule has 1 unspecified atom stereocenters. The fourth-order valence-electron chi connectivity index (χ4n) is 1.95. The van der Waals surface area contributed by atoms with Crippen LogP contribution in [-0.4, -0.2) is 11.0 Å². The van der Waals surface area contributed by atoms with E-state index in [2.05, 4.69) is 30.3 Å². The average Bonchev–Trinajstić information content (AvgIpc) is 2.34. The fourth-order valence-corrected chi connectivity index (χ4v) is 1.95. The number of rotatable bonds is 8. The summed E-state index contributed by atoms with van der Waals surface area (Å²) in [4.78, 5) is 4.32. The molecule has 0 saturated heterocycles. The molecule has 1 rings (SSSR count). The first kappa shape index (κ1) is 14.1. The quantitative estimate of drug-likeness (QED) is 0.538. The predicted molar refractivity (Wildman–Crippen MR) is 72.4 cm³/mol. The second-order valence-corrected chi connectivity index (χ2v) is 5.05. The highest BCUT2D eigenvalue weighted by atomic mass is 15.2. The lowest BCUT2D eigenvalue weighted by Gasteiger charge is -2.16. The normalized spacial score (nSPS) is 12.9. The van der Waals surface area contributed by atoms with Gasteiger partial charge in [-0.3, -0.25) is 16.3 Å². The van der Waals surface area contributed by atoms with Crippen LogP contribution in [0.4, 0.5) is 0 Å². The zero-order valence-corrected chi connectivity index (χ0v) is 11.0. The summed E-state index contributed by atoms with van der Waals surface area (Å²) >= 11 is 0. The Hall–Kier alpha value is -0.930. The average molecular weight is 235 g/mol. The van der Waals surface area contributed by atoms with Crippen molar-refractivity contribution in [2.45, 2.75) is 52.0 Å². The molecule has 0 saturated carbocycles. The standard InChI is InChI=1S/C14H25N3/c1-12(2)6-5-8-14(17-15)10-9-13-7-3-4-11-16-13/h3-4,7,11-12,14,17H,5-6,8-10,15H2,1-2H3. The van der Waals surface area contributed by atoms with E-state index in [1.807, 2.05) is 18.3 Å². The maximum absolute atomic E-state index is 5.58. The molecule has 0 spiro atoms. The van der Waals surface area contributed by atoms with Crippen molar-refractivity contribution < 1.29 is 0 Å².